The van der Waals surface area contributed by atoms with Gasteiger partial charge in [-0.05, 0) is 24.0 Å². The fraction of sp³-hybridized carbons (Fsp3) is 0.500. The molecular formula is C18H21N3O2. The molecule has 2 aliphatic carbocycles. The molecule has 0 bridgehead atoms. The second kappa shape index (κ2) is 5.16. The van der Waals surface area contributed by atoms with Crippen LogP contribution in [-0.4, -0.2) is 29.5 Å². The molecule has 5 rings (SSSR count). The highest BCUT2D eigenvalue weighted by Crippen LogP contribution is 2.48. The molecule has 3 aliphatic rings. The van der Waals surface area contributed by atoms with Crippen LogP contribution in [0.2, 0.25) is 0 Å². The highest BCUT2D eigenvalue weighted by atomic mass is 16.7. The van der Waals surface area contributed by atoms with Gasteiger partial charge in [0.1, 0.15) is 0 Å². The van der Waals surface area contributed by atoms with Crippen molar-refractivity contribution < 1.29 is 9.47 Å². The van der Waals surface area contributed by atoms with E-state index in [1.54, 1.807) is 0 Å². The summed E-state index contributed by atoms with van der Waals surface area (Å²) in [7, 11) is 0. The fourth-order valence-electron chi connectivity index (χ4n) is 4.35. The molecule has 5 nitrogen and oxygen atoms in total. The first kappa shape index (κ1) is 13.7. The lowest BCUT2D eigenvalue weighted by Gasteiger charge is -2.28. The van der Waals surface area contributed by atoms with Gasteiger partial charge in [0.2, 0.25) is 0 Å². The van der Waals surface area contributed by atoms with Gasteiger partial charge in [-0.15, -0.1) is 0 Å². The van der Waals surface area contributed by atoms with Crippen molar-refractivity contribution >= 4 is 0 Å². The van der Waals surface area contributed by atoms with Crippen molar-refractivity contribution in [2.75, 3.05) is 13.2 Å². The minimum absolute atomic E-state index is 0.291. The van der Waals surface area contributed by atoms with Crippen LogP contribution in [-0.2, 0) is 28.1 Å². The summed E-state index contributed by atoms with van der Waals surface area (Å²) in [6.07, 6.45) is 6.09. The second-order valence-corrected chi connectivity index (χ2v) is 6.77. The first-order chi connectivity index (χ1) is 11.3. The van der Waals surface area contributed by atoms with Gasteiger partial charge in [0.15, 0.2) is 5.79 Å². The Morgan fingerprint density at radius 3 is 3.00 bits per heavy atom. The molecule has 2 unspecified atom stereocenters. The van der Waals surface area contributed by atoms with Crippen LogP contribution in [0, 0.1) is 0 Å². The Morgan fingerprint density at radius 1 is 1.22 bits per heavy atom. The number of benzene rings is 1. The van der Waals surface area contributed by atoms with Crippen molar-refractivity contribution in [1.82, 2.24) is 15.5 Å². The summed E-state index contributed by atoms with van der Waals surface area (Å²) in [6, 6.07) is 9.30. The average molecular weight is 311 g/mol. The van der Waals surface area contributed by atoms with Gasteiger partial charge in [0.25, 0.3) is 0 Å². The molecule has 0 radical (unpaired) electrons. The smallest absolute Gasteiger partial charge is 0.197 e. The minimum Gasteiger partial charge on any atom is -0.343 e. The normalized spacial score (nSPS) is 28.0. The van der Waals surface area contributed by atoms with E-state index in [-0.39, 0.29) is 0 Å². The summed E-state index contributed by atoms with van der Waals surface area (Å²) in [4.78, 5) is 0. The Morgan fingerprint density at radius 2 is 2.09 bits per heavy atom. The van der Waals surface area contributed by atoms with Crippen LogP contribution in [0.3, 0.4) is 0 Å². The zero-order chi connectivity index (χ0) is 15.3. The minimum atomic E-state index is -0.526. The van der Waals surface area contributed by atoms with E-state index in [1.165, 1.54) is 22.4 Å². The number of rotatable bonds is 2. The molecule has 1 aliphatic heterocycles. The monoisotopic (exact) mass is 311 g/mol. The van der Waals surface area contributed by atoms with Crippen LogP contribution < -0.4 is 5.32 Å². The first-order valence-electron chi connectivity index (χ1n) is 8.48. The molecular weight excluding hydrogens is 290 g/mol. The van der Waals surface area contributed by atoms with Crippen LogP contribution in [0.25, 0.3) is 0 Å². The predicted molar refractivity (Wildman–Crippen MR) is 84.9 cm³/mol. The summed E-state index contributed by atoms with van der Waals surface area (Å²) >= 11 is 0. The van der Waals surface area contributed by atoms with Crippen LogP contribution >= 0.6 is 0 Å². The van der Waals surface area contributed by atoms with E-state index in [1.807, 2.05) is 6.20 Å². The lowest BCUT2D eigenvalue weighted by Crippen LogP contribution is -2.37. The van der Waals surface area contributed by atoms with E-state index >= 15 is 0 Å². The van der Waals surface area contributed by atoms with E-state index in [2.05, 4.69) is 39.8 Å². The lowest BCUT2D eigenvalue weighted by atomic mass is 9.92. The van der Waals surface area contributed by atoms with E-state index < -0.39 is 5.79 Å². The van der Waals surface area contributed by atoms with Crippen LogP contribution in [0.15, 0.2) is 30.5 Å². The SMILES string of the molecule is c1ccc2c(c1)C(NC1CCc3cn[nH]c3C1)CC21OCCO1. The molecule has 1 aromatic heterocycles. The zero-order valence-corrected chi connectivity index (χ0v) is 13.0. The van der Waals surface area contributed by atoms with Gasteiger partial charge >= 0.3 is 0 Å². The van der Waals surface area contributed by atoms with Crippen molar-refractivity contribution in [3.63, 3.8) is 0 Å². The van der Waals surface area contributed by atoms with Crippen molar-refractivity contribution in [2.45, 2.75) is 43.6 Å². The van der Waals surface area contributed by atoms with Crippen molar-refractivity contribution in [1.29, 1.82) is 0 Å². The number of ether oxygens (including phenoxy) is 2. The third-order valence-electron chi connectivity index (χ3n) is 5.43. The van der Waals surface area contributed by atoms with E-state index in [0.717, 1.165) is 25.7 Å². The Bertz CT molecular complexity index is 721. The second-order valence-electron chi connectivity index (χ2n) is 6.77. The number of nitrogens with one attached hydrogen (secondary N) is 2. The molecule has 0 amide bonds. The van der Waals surface area contributed by atoms with Crippen LogP contribution in [0.4, 0.5) is 0 Å². The maximum absolute atomic E-state index is 6.01. The summed E-state index contributed by atoms with van der Waals surface area (Å²) < 4.78 is 12.0. The molecule has 1 spiro atoms. The highest BCUT2D eigenvalue weighted by molar-refractivity contribution is 5.39. The topological polar surface area (TPSA) is 59.2 Å². The fourth-order valence-corrected chi connectivity index (χ4v) is 4.35. The van der Waals surface area contributed by atoms with Gasteiger partial charge in [0.05, 0.1) is 19.4 Å². The molecule has 0 saturated carbocycles. The Labute approximate surface area is 135 Å². The maximum Gasteiger partial charge on any atom is 0.197 e. The molecule has 23 heavy (non-hydrogen) atoms. The predicted octanol–water partition coefficient (Wildman–Crippen LogP) is 2.20. The lowest BCUT2D eigenvalue weighted by molar-refractivity contribution is -0.166. The molecule has 120 valence electrons. The molecule has 5 heteroatoms. The third kappa shape index (κ3) is 2.15. The van der Waals surface area contributed by atoms with Gasteiger partial charge in [0, 0.05) is 36.2 Å². The van der Waals surface area contributed by atoms with E-state index in [4.69, 9.17) is 9.47 Å². The Balaban J connectivity index is 1.40. The summed E-state index contributed by atoms with van der Waals surface area (Å²) in [6.45, 7) is 1.37. The number of aromatic nitrogens is 2. The molecule has 1 aromatic carbocycles. The van der Waals surface area contributed by atoms with E-state index in [9.17, 15) is 0 Å². The van der Waals surface area contributed by atoms with Gasteiger partial charge in [-0.25, -0.2) is 0 Å². The van der Waals surface area contributed by atoms with E-state index in [0.29, 0.717) is 25.3 Å². The van der Waals surface area contributed by atoms with Crippen molar-refractivity contribution in [3.8, 4) is 0 Å². The Hall–Kier alpha value is -1.69. The largest absolute Gasteiger partial charge is 0.343 e. The third-order valence-corrected chi connectivity index (χ3v) is 5.43. The van der Waals surface area contributed by atoms with Crippen molar-refractivity contribution in [3.05, 3.63) is 52.8 Å². The van der Waals surface area contributed by atoms with Crippen molar-refractivity contribution in [2.24, 2.45) is 0 Å². The Kier molecular flexibility index (Phi) is 3.08. The van der Waals surface area contributed by atoms with Gasteiger partial charge in [-0.2, -0.15) is 5.10 Å². The maximum atomic E-state index is 6.01. The first-order valence-corrected chi connectivity index (χ1v) is 8.48. The van der Waals surface area contributed by atoms with Crippen LogP contribution in [0.5, 0.6) is 0 Å². The number of aryl methyl sites for hydroxylation is 1. The van der Waals surface area contributed by atoms with Gasteiger partial charge in [-0.3, -0.25) is 5.10 Å². The molecule has 2 heterocycles. The number of fused-ring (bicyclic) bond motifs is 3. The highest BCUT2D eigenvalue weighted by Gasteiger charge is 2.48. The van der Waals surface area contributed by atoms with Gasteiger partial charge < -0.3 is 14.8 Å². The molecule has 1 fully saturated rings. The quantitative estimate of drug-likeness (QED) is 0.893. The molecule has 2 aromatic rings. The van der Waals surface area contributed by atoms with Crippen LogP contribution in [0.1, 0.15) is 41.3 Å². The number of nitrogens with zero attached hydrogens (tertiary/aromatic N) is 1. The summed E-state index contributed by atoms with van der Waals surface area (Å²) in [5, 5.41) is 11.2. The molecule has 2 atom stereocenters. The summed E-state index contributed by atoms with van der Waals surface area (Å²) in [5.41, 5.74) is 5.18. The molecule has 2 N–H and O–H groups in total. The number of H-pyrrole nitrogens is 1. The van der Waals surface area contributed by atoms with Gasteiger partial charge in [-0.1, -0.05) is 24.3 Å². The average Bonchev–Trinajstić information content (AvgIpc) is 3.29. The summed E-state index contributed by atoms with van der Waals surface area (Å²) in [5.74, 6) is -0.526. The molecule has 1 saturated heterocycles. The number of hydrogen-bond donors (Lipinski definition) is 2. The standard InChI is InChI=1S/C18H21N3O2/c1-2-4-15-14(3-1)17(10-18(15)22-7-8-23-18)20-13-6-5-12-11-19-21-16(12)9-13/h1-4,11,13,17,20H,5-10H2,(H,19,21). The number of hydrogen-bond acceptors (Lipinski definition) is 4. The zero-order valence-electron chi connectivity index (χ0n) is 13.0. The number of aromatic amines is 1.